The zero-order valence-corrected chi connectivity index (χ0v) is 31.7. The molecule has 9 aromatic rings. The van der Waals surface area contributed by atoms with E-state index >= 15 is 0 Å². The summed E-state index contributed by atoms with van der Waals surface area (Å²) in [5.41, 5.74) is 4.39. The standard InChI is InChI=1S/C34H30B.C18H15S/c1-2-3-25-35(32-22-10-16-26-13-4-7-19-29(26)32,33-23-11-17-27-14-5-8-20-30(27)33)34-24-12-18-28-15-6-9-21-31(28)34;1-4-10-16(11-5-1)19(17-12-6-2-7-13-17)18-14-8-3-9-15-18/h4-24H,2-3,25H2,1H3;1-15H/q-1;+1. The first kappa shape index (κ1) is 35.2. The molecule has 0 aliphatic rings. The lowest BCUT2D eigenvalue weighted by atomic mass is 9.13. The molecule has 9 rings (SSSR count). The Morgan fingerprint density at radius 3 is 0.963 bits per heavy atom. The SMILES string of the molecule is CCCC[B-](c1cccc2ccccc12)(c1cccc2ccccc12)c1cccc2ccccc12.c1ccc([S+](c2ccccc2)c2ccccc2)cc1. The molecule has 0 atom stereocenters. The average Bonchev–Trinajstić information content (AvgIpc) is 3.25. The third-order valence-electron chi connectivity index (χ3n) is 11.0. The second kappa shape index (κ2) is 16.5. The lowest BCUT2D eigenvalue weighted by Gasteiger charge is -2.45. The number of fused-ring (bicyclic) bond motifs is 3. The molecule has 0 spiro atoms. The minimum Gasteiger partial charge on any atom is -0.192 e. The van der Waals surface area contributed by atoms with E-state index in [2.05, 4.69) is 225 Å². The van der Waals surface area contributed by atoms with Crippen LogP contribution in [0.5, 0.6) is 0 Å². The normalized spacial score (nSPS) is 11.4. The molecule has 0 saturated carbocycles. The van der Waals surface area contributed by atoms with Crippen LogP contribution in [0.3, 0.4) is 0 Å². The zero-order chi connectivity index (χ0) is 36.6. The Morgan fingerprint density at radius 2 is 0.630 bits per heavy atom. The maximum atomic E-state index is 2.40. The first-order valence-corrected chi connectivity index (χ1v) is 20.5. The van der Waals surface area contributed by atoms with Gasteiger partial charge in [0, 0.05) is 0 Å². The number of hydrogen-bond donors (Lipinski definition) is 0. The van der Waals surface area contributed by atoms with Gasteiger partial charge in [-0.3, -0.25) is 0 Å². The van der Waals surface area contributed by atoms with Gasteiger partial charge in [0.1, 0.15) is 0 Å². The number of benzene rings is 9. The van der Waals surface area contributed by atoms with E-state index < -0.39 is 6.15 Å². The summed E-state index contributed by atoms with van der Waals surface area (Å²) in [5.74, 6) is 0. The fraction of sp³-hybridized carbons (Fsp3) is 0.0769. The van der Waals surface area contributed by atoms with Gasteiger partial charge in [0.15, 0.2) is 14.7 Å². The molecule has 0 saturated heterocycles. The number of unbranched alkanes of at least 4 members (excludes halogenated alkanes) is 1. The molecule has 0 unspecified atom stereocenters. The highest BCUT2D eigenvalue weighted by Gasteiger charge is 2.33. The van der Waals surface area contributed by atoms with Crippen LogP contribution < -0.4 is 16.4 Å². The molecule has 54 heavy (non-hydrogen) atoms. The molecule has 0 aliphatic heterocycles. The summed E-state index contributed by atoms with van der Waals surface area (Å²) in [6, 6.07) is 79.7. The topological polar surface area (TPSA) is 0 Å². The van der Waals surface area contributed by atoms with Gasteiger partial charge in [0.05, 0.1) is 17.0 Å². The quantitative estimate of drug-likeness (QED) is 0.103. The van der Waals surface area contributed by atoms with Gasteiger partial charge >= 0.3 is 0 Å². The maximum absolute atomic E-state index is 2.40. The minimum absolute atomic E-state index is 0.0146. The highest BCUT2D eigenvalue weighted by Crippen LogP contribution is 2.31. The van der Waals surface area contributed by atoms with Gasteiger partial charge in [-0.2, -0.15) is 22.7 Å². The zero-order valence-electron chi connectivity index (χ0n) is 30.9. The van der Waals surface area contributed by atoms with E-state index in [-0.39, 0.29) is 10.9 Å². The van der Waals surface area contributed by atoms with Gasteiger partial charge < -0.3 is 0 Å². The third-order valence-corrected chi connectivity index (χ3v) is 13.2. The second-order valence-electron chi connectivity index (χ2n) is 14.1. The highest BCUT2D eigenvalue weighted by molar-refractivity contribution is 7.97. The molecule has 9 aromatic carbocycles. The molecule has 0 nitrogen and oxygen atoms in total. The van der Waals surface area contributed by atoms with Gasteiger partial charge in [0.2, 0.25) is 0 Å². The van der Waals surface area contributed by atoms with Crippen molar-refractivity contribution in [1.82, 2.24) is 0 Å². The number of hydrogen-bond acceptors (Lipinski definition) is 0. The monoisotopic (exact) mass is 712 g/mol. The van der Waals surface area contributed by atoms with Crippen molar-refractivity contribution in [3.63, 3.8) is 0 Å². The Bertz CT molecular complexity index is 2300. The van der Waals surface area contributed by atoms with Gasteiger partial charge in [-0.1, -0.05) is 218 Å². The van der Waals surface area contributed by atoms with Crippen LogP contribution in [0.2, 0.25) is 6.32 Å². The molecule has 0 fully saturated rings. The lowest BCUT2D eigenvalue weighted by Crippen LogP contribution is -2.67. The first-order chi connectivity index (χ1) is 26.8. The van der Waals surface area contributed by atoms with Gasteiger partial charge in [-0.25, -0.2) is 0 Å². The number of rotatable bonds is 9. The van der Waals surface area contributed by atoms with Gasteiger partial charge in [-0.15, -0.1) is 0 Å². The Hall–Kier alpha value is -5.83. The Labute approximate surface area is 323 Å². The Balaban J connectivity index is 0.000000183. The molecule has 0 amide bonds. The molecule has 0 bridgehead atoms. The summed E-state index contributed by atoms with van der Waals surface area (Å²) in [6.07, 6.45) is 2.21. The minimum atomic E-state index is -1.25. The van der Waals surface area contributed by atoms with E-state index in [9.17, 15) is 0 Å². The van der Waals surface area contributed by atoms with Crippen LogP contribution in [0, 0.1) is 0 Å². The van der Waals surface area contributed by atoms with Crippen LogP contribution in [-0.4, -0.2) is 6.15 Å². The van der Waals surface area contributed by atoms with Crippen molar-refractivity contribution in [3.05, 3.63) is 218 Å². The molecule has 0 aromatic heterocycles. The summed E-state index contributed by atoms with van der Waals surface area (Å²) in [7, 11) is -0.0146. The Morgan fingerprint density at radius 1 is 0.333 bits per heavy atom. The third kappa shape index (κ3) is 6.98. The fourth-order valence-corrected chi connectivity index (χ4v) is 10.7. The van der Waals surface area contributed by atoms with Crippen LogP contribution in [0.4, 0.5) is 0 Å². The van der Waals surface area contributed by atoms with E-state index in [0.29, 0.717) is 0 Å². The largest absolute Gasteiger partial charge is 0.192 e. The van der Waals surface area contributed by atoms with Crippen LogP contribution >= 0.6 is 0 Å². The van der Waals surface area contributed by atoms with Crippen molar-refractivity contribution in [2.45, 2.75) is 40.8 Å². The maximum Gasteiger partial charge on any atom is 0.166 e. The van der Waals surface area contributed by atoms with Crippen molar-refractivity contribution in [2.75, 3.05) is 0 Å². The molecule has 262 valence electrons. The molecule has 0 N–H and O–H groups in total. The van der Waals surface area contributed by atoms with E-state index in [0.717, 1.165) is 6.32 Å². The molecule has 2 heteroatoms. The molecule has 0 aliphatic carbocycles. The van der Waals surface area contributed by atoms with Gasteiger partial charge in [-0.05, 0) is 52.6 Å². The Kier molecular flexibility index (Phi) is 10.7. The second-order valence-corrected chi connectivity index (χ2v) is 16.2. The summed E-state index contributed by atoms with van der Waals surface area (Å²) in [5, 5.41) is 8.04. The smallest absolute Gasteiger partial charge is 0.166 e. The summed E-state index contributed by atoms with van der Waals surface area (Å²) < 4.78 is 0. The first-order valence-electron chi connectivity index (χ1n) is 19.3. The van der Waals surface area contributed by atoms with Crippen molar-refractivity contribution in [1.29, 1.82) is 0 Å². The summed E-state index contributed by atoms with van der Waals surface area (Å²) >= 11 is 0. The lowest BCUT2D eigenvalue weighted by molar-refractivity contribution is 0.874. The predicted molar refractivity (Wildman–Crippen MR) is 238 cm³/mol. The molecular weight excluding hydrogens is 667 g/mol. The van der Waals surface area contributed by atoms with E-state index in [1.165, 1.54) is 76.2 Å². The highest BCUT2D eigenvalue weighted by atomic mass is 32.2. The van der Waals surface area contributed by atoms with E-state index in [1.54, 1.807) is 0 Å². The van der Waals surface area contributed by atoms with E-state index in [4.69, 9.17) is 0 Å². The summed E-state index contributed by atoms with van der Waals surface area (Å²) in [4.78, 5) is 4.08. The van der Waals surface area contributed by atoms with Crippen LogP contribution in [0.15, 0.2) is 233 Å². The van der Waals surface area contributed by atoms with Crippen LogP contribution in [0.25, 0.3) is 32.3 Å². The molecule has 0 heterocycles. The molecule has 0 radical (unpaired) electrons. The van der Waals surface area contributed by atoms with Crippen molar-refractivity contribution < 1.29 is 0 Å². The van der Waals surface area contributed by atoms with Crippen LogP contribution in [-0.2, 0) is 10.9 Å². The van der Waals surface area contributed by atoms with Crippen molar-refractivity contribution >= 4 is 65.7 Å². The average molecular weight is 713 g/mol. The van der Waals surface area contributed by atoms with Crippen molar-refractivity contribution in [2.24, 2.45) is 0 Å². The fourth-order valence-electron chi connectivity index (χ4n) is 8.60. The van der Waals surface area contributed by atoms with Crippen LogP contribution in [0.1, 0.15) is 19.8 Å². The van der Waals surface area contributed by atoms with Gasteiger partial charge in [0.25, 0.3) is 0 Å². The molecular formula is C52H45BS. The predicted octanol–water partition coefficient (Wildman–Crippen LogP) is 12.2. The summed E-state index contributed by atoms with van der Waals surface area (Å²) in [6.45, 7) is 2.32. The van der Waals surface area contributed by atoms with E-state index in [1.807, 2.05) is 0 Å². The van der Waals surface area contributed by atoms with Crippen molar-refractivity contribution in [3.8, 4) is 0 Å².